The molecule has 8 rings (SSSR count). The van der Waals surface area contributed by atoms with Gasteiger partial charge in [-0.2, -0.15) is 21.9 Å². The van der Waals surface area contributed by atoms with E-state index >= 15 is 0 Å². The summed E-state index contributed by atoms with van der Waals surface area (Å²) in [4.78, 5) is 22.2. The third kappa shape index (κ3) is 6.74. The van der Waals surface area contributed by atoms with Crippen LogP contribution in [0.5, 0.6) is 0 Å². The number of aromatic nitrogens is 2. The Hall–Kier alpha value is -5.62. The predicted molar refractivity (Wildman–Crippen MR) is 209 cm³/mol. The zero-order valence-corrected chi connectivity index (χ0v) is 30.6. The summed E-state index contributed by atoms with van der Waals surface area (Å²) in [5.41, 5.74) is 7.93. The minimum atomic E-state index is -4.80. The van der Waals surface area contributed by atoms with Gasteiger partial charge in [0.05, 0.1) is 26.1 Å². The zero-order valence-electron chi connectivity index (χ0n) is 27.3. The maximum Gasteiger partial charge on any atom is 0.296 e. The molecule has 0 saturated heterocycles. The molecule has 16 heteroatoms. The van der Waals surface area contributed by atoms with E-state index in [9.17, 15) is 30.7 Å². The maximum atomic E-state index is 13.6. The van der Waals surface area contributed by atoms with Crippen LogP contribution in [0.2, 0.25) is 0 Å². The molecule has 0 saturated carbocycles. The van der Waals surface area contributed by atoms with E-state index in [0.717, 1.165) is 32.0 Å². The van der Waals surface area contributed by atoms with Gasteiger partial charge in [0, 0.05) is 28.1 Å². The lowest BCUT2D eigenvalue weighted by Gasteiger charge is -2.17. The second kappa shape index (κ2) is 13.1. The Morgan fingerprint density at radius 1 is 0.698 bits per heavy atom. The van der Waals surface area contributed by atoms with Gasteiger partial charge in [0.25, 0.3) is 20.2 Å². The Bertz CT molecular complexity index is 2920. The van der Waals surface area contributed by atoms with Crippen LogP contribution in [-0.2, 0) is 20.2 Å². The molecule has 2 aromatic heterocycles. The number of thiazole rings is 2. The van der Waals surface area contributed by atoms with Gasteiger partial charge in [-0.25, -0.2) is 9.97 Å². The molecule has 53 heavy (non-hydrogen) atoms. The highest BCUT2D eigenvalue weighted by molar-refractivity contribution is 7.91. The SMILES string of the molecule is Cc1ccc2nc(-c3ccc4nc(-c5ccc(NN=C6C(=O)c7cc(Nc8ccccc8)ccc7C=C6S(=O)(=O)O)cc5)sc4c3)sc2c1S(=O)(=O)O. The molecule has 7 aromatic rings. The Kier molecular flexibility index (Phi) is 8.52. The van der Waals surface area contributed by atoms with Crippen molar-refractivity contribution < 1.29 is 30.7 Å². The number of aryl methyl sites for hydroxylation is 1. The molecule has 0 bridgehead atoms. The van der Waals surface area contributed by atoms with Gasteiger partial charge in [-0.05, 0) is 96.9 Å². The summed E-state index contributed by atoms with van der Waals surface area (Å²) >= 11 is 2.63. The fourth-order valence-corrected chi connectivity index (χ4v) is 9.87. The van der Waals surface area contributed by atoms with Crippen molar-refractivity contribution >= 4 is 98.0 Å². The first-order valence-corrected chi connectivity index (χ1v) is 20.3. The normalized spacial score (nSPS) is 14.1. The molecule has 0 atom stereocenters. The van der Waals surface area contributed by atoms with E-state index in [4.69, 9.17) is 4.98 Å². The van der Waals surface area contributed by atoms with Crippen LogP contribution in [0.3, 0.4) is 0 Å². The largest absolute Gasteiger partial charge is 0.356 e. The van der Waals surface area contributed by atoms with Gasteiger partial charge in [0.2, 0.25) is 5.78 Å². The molecule has 2 heterocycles. The van der Waals surface area contributed by atoms with E-state index in [1.54, 1.807) is 61.5 Å². The Labute approximate surface area is 310 Å². The first-order chi connectivity index (χ1) is 25.3. The van der Waals surface area contributed by atoms with Crippen LogP contribution in [0.1, 0.15) is 21.5 Å². The maximum absolute atomic E-state index is 13.6. The van der Waals surface area contributed by atoms with Crippen molar-refractivity contribution in [1.82, 2.24) is 9.97 Å². The first-order valence-electron chi connectivity index (χ1n) is 15.7. The Morgan fingerprint density at radius 2 is 1.38 bits per heavy atom. The summed E-state index contributed by atoms with van der Waals surface area (Å²) in [6.45, 7) is 1.62. The van der Waals surface area contributed by atoms with Gasteiger partial charge in [-0.15, -0.1) is 22.7 Å². The molecule has 0 fully saturated rings. The van der Waals surface area contributed by atoms with E-state index < -0.39 is 36.6 Å². The predicted octanol–water partition coefficient (Wildman–Crippen LogP) is 8.43. The summed E-state index contributed by atoms with van der Waals surface area (Å²) < 4.78 is 69.9. The van der Waals surface area contributed by atoms with Crippen molar-refractivity contribution in [3.63, 3.8) is 0 Å². The Morgan fingerprint density at radius 3 is 2.11 bits per heavy atom. The smallest absolute Gasteiger partial charge is 0.296 e. The van der Waals surface area contributed by atoms with Crippen LogP contribution in [0, 0.1) is 6.92 Å². The fourth-order valence-electron chi connectivity index (χ4n) is 5.90. The number of nitrogens with zero attached hydrogens (tertiary/aromatic N) is 3. The quantitative estimate of drug-likeness (QED) is 0.0856. The third-order valence-electron chi connectivity index (χ3n) is 8.40. The van der Waals surface area contributed by atoms with E-state index in [1.807, 2.05) is 48.5 Å². The average Bonchev–Trinajstić information content (AvgIpc) is 3.75. The van der Waals surface area contributed by atoms with E-state index in [-0.39, 0.29) is 10.5 Å². The average molecular weight is 780 g/mol. The molecule has 0 aliphatic heterocycles. The number of Topliss-reactive ketones (excluding diaryl/α,β-unsaturated/α-hetero) is 1. The van der Waals surface area contributed by atoms with Crippen molar-refractivity contribution in [2.45, 2.75) is 11.8 Å². The number of carbonyl (C=O) groups is 1. The lowest BCUT2D eigenvalue weighted by molar-refractivity contribution is 0.106. The monoisotopic (exact) mass is 779 g/mol. The molecular weight excluding hydrogens is 755 g/mol. The lowest BCUT2D eigenvalue weighted by Crippen LogP contribution is -2.27. The number of fused-ring (bicyclic) bond motifs is 3. The number of para-hydroxylation sites is 1. The van der Waals surface area contributed by atoms with E-state index in [1.165, 1.54) is 28.7 Å². The van der Waals surface area contributed by atoms with Crippen LogP contribution in [0.4, 0.5) is 17.1 Å². The van der Waals surface area contributed by atoms with Crippen LogP contribution >= 0.6 is 22.7 Å². The number of carbonyl (C=O) groups excluding carboxylic acids is 1. The fraction of sp³-hybridized carbons (Fsp3) is 0.0270. The summed E-state index contributed by atoms with van der Waals surface area (Å²) in [5, 5.41) is 8.66. The number of allylic oxidation sites excluding steroid dienone is 1. The minimum Gasteiger partial charge on any atom is -0.356 e. The number of hydrazone groups is 1. The number of ketones is 1. The van der Waals surface area contributed by atoms with E-state index in [0.29, 0.717) is 37.7 Å². The lowest BCUT2D eigenvalue weighted by atomic mass is 9.94. The summed E-state index contributed by atoms with van der Waals surface area (Å²) in [6, 6.07) is 30.2. The number of benzene rings is 5. The second-order valence-electron chi connectivity index (χ2n) is 12.0. The summed E-state index contributed by atoms with van der Waals surface area (Å²) in [7, 11) is -9.24. The number of nitrogens with one attached hydrogen (secondary N) is 2. The van der Waals surface area contributed by atoms with Crippen LogP contribution < -0.4 is 10.7 Å². The Balaban J connectivity index is 1.04. The first kappa shape index (κ1) is 34.5. The van der Waals surface area contributed by atoms with Gasteiger partial charge in [0.15, 0.2) is 5.71 Å². The van der Waals surface area contributed by atoms with Crippen molar-refractivity contribution in [1.29, 1.82) is 0 Å². The second-order valence-corrected chi connectivity index (χ2v) is 16.8. The van der Waals surface area contributed by atoms with Crippen molar-refractivity contribution in [3.05, 3.63) is 125 Å². The number of rotatable bonds is 8. The van der Waals surface area contributed by atoms with Crippen LogP contribution in [0.25, 0.3) is 47.7 Å². The molecule has 1 aliphatic rings. The molecule has 264 valence electrons. The van der Waals surface area contributed by atoms with E-state index in [2.05, 4.69) is 20.8 Å². The molecule has 4 N–H and O–H groups in total. The van der Waals surface area contributed by atoms with Crippen LogP contribution in [0.15, 0.2) is 118 Å². The topological polar surface area (TPSA) is 188 Å². The van der Waals surface area contributed by atoms with Gasteiger partial charge in [-0.3, -0.25) is 19.3 Å². The highest BCUT2D eigenvalue weighted by Crippen LogP contribution is 2.39. The molecule has 0 unspecified atom stereocenters. The minimum absolute atomic E-state index is 0.138. The molecule has 0 radical (unpaired) electrons. The van der Waals surface area contributed by atoms with Gasteiger partial charge >= 0.3 is 0 Å². The van der Waals surface area contributed by atoms with Crippen molar-refractivity contribution in [2.75, 3.05) is 10.7 Å². The van der Waals surface area contributed by atoms with Gasteiger partial charge < -0.3 is 5.32 Å². The summed E-state index contributed by atoms with van der Waals surface area (Å²) in [5.74, 6) is -0.676. The highest BCUT2D eigenvalue weighted by Gasteiger charge is 2.33. The van der Waals surface area contributed by atoms with Gasteiger partial charge in [0.1, 0.15) is 19.8 Å². The summed E-state index contributed by atoms with van der Waals surface area (Å²) in [6.07, 6.45) is 1.22. The zero-order chi connectivity index (χ0) is 37.1. The van der Waals surface area contributed by atoms with Crippen LogP contribution in [-0.4, -0.2) is 47.4 Å². The van der Waals surface area contributed by atoms with Gasteiger partial charge in [-0.1, -0.05) is 30.3 Å². The number of hydrogen-bond acceptors (Lipinski definition) is 12. The molecule has 12 nitrogen and oxygen atoms in total. The molecule has 1 aliphatic carbocycles. The molecule has 0 spiro atoms. The number of hydrogen-bond donors (Lipinski definition) is 4. The standard InChI is InChI=1S/C37H25N5O7S4/c1-20-7-15-29-34(35(20)53(47,48)49)51-37(40-29)23-11-16-28-30(17-23)50-36(39-28)21-8-12-25(13-9-21)41-42-32-31(52(44,45)46)18-22-10-14-26(19-27(22)33(32)43)38-24-5-3-2-4-6-24/h2-19,38,41H,1H3,(H,44,45,46)(H,47,48,49). The molecular formula is C37H25N5O7S4. The third-order valence-corrected chi connectivity index (χ3v) is 12.6. The number of anilines is 3. The molecule has 0 amide bonds. The highest BCUT2D eigenvalue weighted by atomic mass is 32.2. The molecule has 5 aromatic carbocycles. The van der Waals surface area contributed by atoms with Crippen molar-refractivity contribution in [2.24, 2.45) is 5.10 Å². The van der Waals surface area contributed by atoms with Crippen molar-refractivity contribution in [3.8, 4) is 21.1 Å².